The van der Waals surface area contributed by atoms with E-state index >= 15 is 0 Å². The highest BCUT2D eigenvalue weighted by Gasteiger charge is 2.17. The molecule has 4 nitrogen and oxygen atoms in total. The number of furan rings is 1. The molecule has 2 heterocycles. The van der Waals surface area contributed by atoms with Crippen LogP contribution in [0.5, 0.6) is 0 Å². The molecule has 1 amide bonds. The topological polar surface area (TPSA) is 54.3 Å². The highest BCUT2D eigenvalue weighted by molar-refractivity contribution is 9.10. The summed E-state index contributed by atoms with van der Waals surface area (Å²) in [5.74, 6) is 0.215. The zero-order valence-corrected chi connectivity index (χ0v) is 12.0. The van der Waals surface area contributed by atoms with Crippen molar-refractivity contribution < 1.29 is 9.21 Å². The monoisotopic (exact) mass is 322 g/mol. The molecular formula is C14H15BrN2O2. The Bertz CT molecular complexity index is 603. The van der Waals surface area contributed by atoms with Gasteiger partial charge >= 0.3 is 0 Å². The Hall–Kier alpha value is -1.33. The third-order valence-corrected chi connectivity index (χ3v) is 3.87. The van der Waals surface area contributed by atoms with Crippen LogP contribution in [0, 0.1) is 0 Å². The van der Waals surface area contributed by atoms with Gasteiger partial charge in [-0.25, -0.2) is 0 Å². The molecule has 1 saturated heterocycles. The van der Waals surface area contributed by atoms with E-state index in [0.29, 0.717) is 18.3 Å². The van der Waals surface area contributed by atoms with E-state index in [1.54, 1.807) is 6.07 Å². The zero-order chi connectivity index (χ0) is 13.2. The van der Waals surface area contributed by atoms with Crippen molar-refractivity contribution in [3.8, 4) is 0 Å². The molecule has 1 aromatic heterocycles. The summed E-state index contributed by atoms with van der Waals surface area (Å²) in [6, 6.07) is 7.86. The van der Waals surface area contributed by atoms with Gasteiger partial charge in [-0.3, -0.25) is 4.79 Å². The molecule has 1 atom stereocenters. The first-order valence-electron chi connectivity index (χ1n) is 6.43. The van der Waals surface area contributed by atoms with Gasteiger partial charge in [0.15, 0.2) is 5.76 Å². The summed E-state index contributed by atoms with van der Waals surface area (Å²) >= 11 is 3.40. The van der Waals surface area contributed by atoms with Crippen molar-refractivity contribution in [2.45, 2.75) is 18.9 Å². The molecular weight excluding hydrogens is 308 g/mol. The Morgan fingerprint density at radius 2 is 2.37 bits per heavy atom. The number of halogens is 1. The summed E-state index contributed by atoms with van der Waals surface area (Å²) in [5.41, 5.74) is 0.729. The molecule has 5 heteroatoms. The van der Waals surface area contributed by atoms with Gasteiger partial charge in [-0.15, -0.1) is 0 Å². The van der Waals surface area contributed by atoms with E-state index < -0.39 is 0 Å². The van der Waals surface area contributed by atoms with Crippen LogP contribution in [-0.4, -0.2) is 25.0 Å². The van der Waals surface area contributed by atoms with Gasteiger partial charge in [-0.1, -0.05) is 15.9 Å². The van der Waals surface area contributed by atoms with Gasteiger partial charge in [0.1, 0.15) is 5.58 Å². The second-order valence-corrected chi connectivity index (χ2v) is 5.71. The minimum absolute atomic E-state index is 0.152. The maximum atomic E-state index is 12.0. The second-order valence-electron chi connectivity index (χ2n) is 4.80. The predicted molar refractivity (Wildman–Crippen MR) is 77.3 cm³/mol. The van der Waals surface area contributed by atoms with Gasteiger partial charge in [0.25, 0.3) is 5.91 Å². The second kappa shape index (κ2) is 5.35. The van der Waals surface area contributed by atoms with Crippen molar-refractivity contribution >= 4 is 32.8 Å². The minimum atomic E-state index is -0.152. The third-order valence-electron chi connectivity index (χ3n) is 3.37. The van der Waals surface area contributed by atoms with E-state index in [1.807, 2.05) is 18.2 Å². The maximum absolute atomic E-state index is 12.0. The molecule has 1 unspecified atom stereocenters. The molecule has 1 aromatic carbocycles. The van der Waals surface area contributed by atoms with Crippen LogP contribution in [0.25, 0.3) is 11.0 Å². The van der Waals surface area contributed by atoms with Gasteiger partial charge < -0.3 is 15.1 Å². The molecule has 3 rings (SSSR count). The number of carbonyl (C=O) groups excluding carboxylic acids is 1. The van der Waals surface area contributed by atoms with E-state index in [1.165, 1.54) is 6.42 Å². The van der Waals surface area contributed by atoms with E-state index in [2.05, 4.69) is 26.6 Å². The van der Waals surface area contributed by atoms with Crippen molar-refractivity contribution in [3.05, 3.63) is 34.5 Å². The van der Waals surface area contributed by atoms with Crippen LogP contribution in [0.2, 0.25) is 0 Å². The lowest BCUT2D eigenvalue weighted by molar-refractivity contribution is 0.0925. The van der Waals surface area contributed by atoms with E-state index in [0.717, 1.165) is 28.4 Å². The minimum Gasteiger partial charge on any atom is -0.451 e. The van der Waals surface area contributed by atoms with E-state index in [-0.39, 0.29) is 5.91 Å². The molecule has 1 aliphatic rings. The molecule has 2 aromatic rings. The fourth-order valence-electron chi connectivity index (χ4n) is 2.36. The number of hydrogen-bond donors (Lipinski definition) is 2. The lowest BCUT2D eigenvalue weighted by Gasteiger charge is -2.10. The van der Waals surface area contributed by atoms with Gasteiger partial charge in [-0.2, -0.15) is 0 Å². The number of rotatable bonds is 3. The van der Waals surface area contributed by atoms with Crippen molar-refractivity contribution in [1.82, 2.24) is 10.6 Å². The largest absolute Gasteiger partial charge is 0.451 e. The average molecular weight is 323 g/mol. The van der Waals surface area contributed by atoms with Crippen LogP contribution in [0.1, 0.15) is 23.4 Å². The lowest BCUT2D eigenvalue weighted by Crippen LogP contribution is -2.36. The fourth-order valence-corrected chi connectivity index (χ4v) is 2.74. The molecule has 100 valence electrons. The highest BCUT2D eigenvalue weighted by atomic mass is 79.9. The van der Waals surface area contributed by atoms with Gasteiger partial charge in [0.05, 0.1) is 0 Å². The van der Waals surface area contributed by atoms with Crippen molar-refractivity contribution in [2.75, 3.05) is 13.1 Å². The van der Waals surface area contributed by atoms with Gasteiger partial charge in [0, 0.05) is 22.4 Å². The first-order valence-corrected chi connectivity index (χ1v) is 7.22. The summed E-state index contributed by atoms with van der Waals surface area (Å²) in [6.07, 6.45) is 2.30. The Morgan fingerprint density at radius 1 is 1.47 bits per heavy atom. The van der Waals surface area contributed by atoms with Crippen molar-refractivity contribution in [1.29, 1.82) is 0 Å². The van der Waals surface area contributed by atoms with Gasteiger partial charge in [-0.05, 0) is 43.7 Å². The predicted octanol–water partition coefficient (Wildman–Crippen LogP) is 2.68. The Labute approximate surface area is 119 Å². The molecule has 0 saturated carbocycles. The maximum Gasteiger partial charge on any atom is 0.287 e. The number of benzene rings is 1. The fraction of sp³-hybridized carbons (Fsp3) is 0.357. The lowest BCUT2D eigenvalue weighted by atomic mass is 10.2. The van der Waals surface area contributed by atoms with Crippen LogP contribution >= 0.6 is 15.9 Å². The average Bonchev–Trinajstić information content (AvgIpc) is 3.04. The van der Waals surface area contributed by atoms with Crippen molar-refractivity contribution in [2.24, 2.45) is 0 Å². The molecule has 0 aliphatic carbocycles. The smallest absolute Gasteiger partial charge is 0.287 e. The molecule has 19 heavy (non-hydrogen) atoms. The zero-order valence-electron chi connectivity index (χ0n) is 10.4. The number of fused-ring (bicyclic) bond motifs is 1. The first-order chi connectivity index (χ1) is 9.22. The summed E-state index contributed by atoms with van der Waals surface area (Å²) in [5, 5.41) is 7.18. The molecule has 0 spiro atoms. The molecule has 0 radical (unpaired) electrons. The number of hydrogen-bond acceptors (Lipinski definition) is 3. The molecule has 1 fully saturated rings. The Kier molecular flexibility index (Phi) is 3.57. The van der Waals surface area contributed by atoms with Crippen LogP contribution in [0.3, 0.4) is 0 Å². The first kappa shape index (κ1) is 12.7. The Morgan fingerprint density at radius 3 is 3.16 bits per heavy atom. The van der Waals surface area contributed by atoms with Crippen LogP contribution in [0.15, 0.2) is 33.2 Å². The molecule has 0 bridgehead atoms. The number of carbonyl (C=O) groups is 1. The molecule has 1 aliphatic heterocycles. The van der Waals surface area contributed by atoms with Gasteiger partial charge in [0.2, 0.25) is 0 Å². The number of nitrogens with one attached hydrogen (secondary N) is 2. The van der Waals surface area contributed by atoms with Crippen LogP contribution < -0.4 is 10.6 Å². The van der Waals surface area contributed by atoms with E-state index in [4.69, 9.17) is 4.42 Å². The quantitative estimate of drug-likeness (QED) is 0.913. The van der Waals surface area contributed by atoms with Crippen LogP contribution in [0.4, 0.5) is 0 Å². The van der Waals surface area contributed by atoms with Crippen LogP contribution in [-0.2, 0) is 0 Å². The molecule has 2 N–H and O–H groups in total. The summed E-state index contributed by atoms with van der Waals surface area (Å²) in [7, 11) is 0. The summed E-state index contributed by atoms with van der Waals surface area (Å²) in [4.78, 5) is 12.0. The standard InChI is InChI=1S/C14H15BrN2O2/c15-10-3-4-12-9(6-10)7-13(19-12)14(18)17-8-11-2-1-5-16-11/h3-4,6-7,11,16H,1-2,5,8H2,(H,17,18). The SMILES string of the molecule is O=C(NCC1CCCN1)c1cc2cc(Br)ccc2o1. The normalized spacial score (nSPS) is 18.9. The summed E-state index contributed by atoms with van der Waals surface area (Å²) in [6.45, 7) is 1.69. The highest BCUT2D eigenvalue weighted by Crippen LogP contribution is 2.23. The summed E-state index contributed by atoms with van der Waals surface area (Å²) < 4.78 is 6.52. The van der Waals surface area contributed by atoms with E-state index in [9.17, 15) is 4.79 Å². The van der Waals surface area contributed by atoms with Crippen molar-refractivity contribution in [3.63, 3.8) is 0 Å². The third kappa shape index (κ3) is 2.82. The number of amides is 1. The Balaban J connectivity index is 1.70.